The maximum absolute atomic E-state index is 13.6. The van der Waals surface area contributed by atoms with E-state index in [1.165, 1.54) is 16.6 Å². The van der Waals surface area contributed by atoms with Gasteiger partial charge < -0.3 is 15.1 Å². The van der Waals surface area contributed by atoms with Crippen LogP contribution in [0, 0.1) is 0 Å². The van der Waals surface area contributed by atoms with Gasteiger partial charge in [-0.05, 0) is 49.5 Å². The molecule has 0 radical (unpaired) electrons. The number of halogens is 2. The normalized spacial score (nSPS) is 14.0. The number of fused-ring (bicyclic) bond motifs is 1. The van der Waals surface area contributed by atoms with Crippen LogP contribution >= 0.6 is 23.2 Å². The van der Waals surface area contributed by atoms with E-state index in [2.05, 4.69) is 61.0 Å². The number of nitrogens with one attached hydrogen (secondary N) is 1. The van der Waals surface area contributed by atoms with E-state index >= 15 is 0 Å². The number of anilines is 3. The first-order valence-corrected chi connectivity index (χ1v) is 13.4. The van der Waals surface area contributed by atoms with Crippen molar-refractivity contribution in [3.63, 3.8) is 0 Å². The Morgan fingerprint density at radius 1 is 0.975 bits per heavy atom. The van der Waals surface area contributed by atoms with E-state index in [0.29, 0.717) is 22.9 Å². The molecule has 5 aromatic rings. The number of para-hydroxylation sites is 1. The highest BCUT2D eigenvalue weighted by Crippen LogP contribution is 2.30. The first-order chi connectivity index (χ1) is 19.4. The molecule has 202 valence electrons. The number of benzene rings is 2. The molecule has 0 saturated carbocycles. The summed E-state index contributed by atoms with van der Waals surface area (Å²) in [5.41, 5.74) is 2.99. The fourth-order valence-electron chi connectivity index (χ4n) is 4.62. The van der Waals surface area contributed by atoms with Crippen molar-refractivity contribution in [2.45, 2.75) is 0 Å². The fourth-order valence-corrected chi connectivity index (χ4v) is 5.17. The number of piperazine rings is 1. The molecule has 4 heterocycles. The van der Waals surface area contributed by atoms with Crippen LogP contribution in [0.15, 0.2) is 72.3 Å². The van der Waals surface area contributed by atoms with Crippen molar-refractivity contribution in [2.24, 2.45) is 0 Å². The summed E-state index contributed by atoms with van der Waals surface area (Å²) in [6.45, 7) is 7.81. The van der Waals surface area contributed by atoms with Crippen molar-refractivity contribution in [1.29, 1.82) is 0 Å². The Bertz CT molecular complexity index is 1750. The molecule has 1 saturated heterocycles. The maximum Gasteiger partial charge on any atom is 0.282 e. The Kier molecular flexibility index (Phi) is 6.97. The molecular formula is C28H25Cl2N9O. The van der Waals surface area contributed by atoms with Crippen LogP contribution in [0.3, 0.4) is 0 Å². The van der Waals surface area contributed by atoms with E-state index in [1.807, 2.05) is 12.1 Å². The monoisotopic (exact) mass is 573 g/mol. The average Bonchev–Trinajstić information content (AvgIpc) is 3.44. The fraction of sp³-hybridized carbons (Fsp3) is 0.179. The predicted molar refractivity (Wildman–Crippen MR) is 160 cm³/mol. The number of rotatable bonds is 6. The van der Waals surface area contributed by atoms with Gasteiger partial charge in [-0.1, -0.05) is 35.8 Å². The van der Waals surface area contributed by atoms with Crippen LogP contribution in [0.5, 0.6) is 0 Å². The summed E-state index contributed by atoms with van der Waals surface area (Å²) < 4.78 is 2.71. The Morgan fingerprint density at radius 2 is 1.70 bits per heavy atom. The molecule has 0 unspecified atom stereocenters. The summed E-state index contributed by atoms with van der Waals surface area (Å²) in [6, 6.07) is 14.9. The number of aromatic nitrogens is 6. The van der Waals surface area contributed by atoms with Gasteiger partial charge in [-0.25, -0.2) is 14.6 Å². The molecular weight excluding hydrogens is 549 g/mol. The summed E-state index contributed by atoms with van der Waals surface area (Å²) in [4.78, 5) is 27.4. The molecule has 2 aromatic carbocycles. The average molecular weight is 574 g/mol. The van der Waals surface area contributed by atoms with E-state index < -0.39 is 5.56 Å². The second kappa shape index (κ2) is 10.7. The van der Waals surface area contributed by atoms with E-state index in [4.69, 9.17) is 23.2 Å². The van der Waals surface area contributed by atoms with Gasteiger partial charge in [0.05, 0.1) is 15.4 Å². The van der Waals surface area contributed by atoms with Crippen LogP contribution in [0.2, 0.25) is 10.0 Å². The highest BCUT2D eigenvalue weighted by molar-refractivity contribution is 6.37. The molecule has 0 aliphatic carbocycles. The molecule has 0 atom stereocenters. The number of likely N-dealkylation sites (N-methyl/N-ethyl adjacent to an activating group) is 1. The lowest BCUT2D eigenvalue weighted by Gasteiger charge is -2.34. The smallest absolute Gasteiger partial charge is 0.282 e. The van der Waals surface area contributed by atoms with Gasteiger partial charge in [-0.15, -0.1) is 0 Å². The second-order valence-corrected chi connectivity index (χ2v) is 10.2. The quantitative estimate of drug-likeness (QED) is 0.305. The van der Waals surface area contributed by atoms with Gasteiger partial charge in [0.2, 0.25) is 5.95 Å². The first-order valence-electron chi connectivity index (χ1n) is 12.6. The van der Waals surface area contributed by atoms with E-state index in [9.17, 15) is 4.79 Å². The molecule has 3 aromatic heterocycles. The summed E-state index contributed by atoms with van der Waals surface area (Å²) in [7, 11) is 2.14. The number of nitrogens with zero attached hydrogens (tertiary/aromatic N) is 8. The Hall–Kier alpha value is -4.25. The van der Waals surface area contributed by atoms with Gasteiger partial charge in [0.1, 0.15) is 22.6 Å². The maximum atomic E-state index is 13.6. The van der Waals surface area contributed by atoms with Crippen molar-refractivity contribution in [3.8, 4) is 17.1 Å². The number of hydrogen-bond acceptors (Lipinski definition) is 8. The van der Waals surface area contributed by atoms with Gasteiger partial charge in [0.15, 0.2) is 0 Å². The van der Waals surface area contributed by atoms with E-state index in [1.54, 1.807) is 41.3 Å². The van der Waals surface area contributed by atoms with E-state index in [-0.39, 0.29) is 21.1 Å². The summed E-state index contributed by atoms with van der Waals surface area (Å²) in [5.74, 6) is 0.318. The zero-order chi connectivity index (χ0) is 27.8. The van der Waals surface area contributed by atoms with Crippen molar-refractivity contribution in [3.05, 3.63) is 87.9 Å². The molecule has 0 spiro atoms. The van der Waals surface area contributed by atoms with Crippen LogP contribution in [-0.4, -0.2) is 67.7 Å². The van der Waals surface area contributed by atoms with E-state index in [0.717, 1.165) is 31.9 Å². The predicted octanol–water partition coefficient (Wildman–Crippen LogP) is 4.94. The lowest BCUT2D eigenvalue weighted by Crippen LogP contribution is -2.44. The molecule has 12 heteroatoms. The number of hydrogen-bond donors (Lipinski definition) is 1. The van der Waals surface area contributed by atoms with Crippen LogP contribution in [0.4, 0.5) is 17.3 Å². The van der Waals surface area contributed by atoms with Crippen LogP contribution in [0.1, 0.15) is 0 Å². The van der Waals surface area contributed by atoms with Gasteiger partial charge in [-0.3, -0.25) is 4.79 Å². The summed E-state index contributed by atoms with van der Waals surface area (Å²) in [5, 5.41) is 13.2. The van der Waals surface area contributed by atoms with Gasteiger partial charge in [0.25, 0.3) is 5.56 Å². The Labute approximate surface area is 240 Å². The zero-order valence-electron chi connectivity index (χ0n) is 21.6. The molecule has 40 heavy (non-hydrogen) atoms. The molecule has 10 nitrogen and oxygen atoms in total. The minimum atomic E-state index is -0.458. The largest absolute Gasteiger partial charge is 0.369 e. The molecule has 0 bridgehead atoms. The highest BCUT2D eigenvalue weighted by atomic mass is 35.5. The molecule has 6 rings (SSSR count). The Morgan fingerprint density at radius 3 is 2.38 bits per heavy atom. The van der Waals surface area contributed by atoms with Gasteiger partial charge in [0, 0.05) is 56.1 Å². The zero-order valence-corrected chi connectivity index (χ0v) is 23.1. The highest BCUT2D eigenvalue weighted by Gasteiger charge is 2.21. The third-order valence-corrected chi connectivity index (χ3v) is 7.43. The molecule has 1 fully saturated rings. The molecule has 0 amide bonds. The molecule has 1 N–H and O–H groups in total. The van der Waals surface area contributed by atoms with Crippen LogP contribution < -0.4 is 15.8 Å². The topological polar surface area (TPSA) is 97.0 Å². The van der Waals surface area contributed by atoms with Crippen molar-refractivity contribution in [1.82, 2.24) is 34.4 Å². The van der Waals surface area contributed by atoms with Gasteiger partial charge >= 0.3 is 0 Å². The molecule has 1 aliphatic rings. The first kappa shape index (κ1) is 26.0. The third kappa shape index (κ3) is 4.92. The minimum Gasteiger partial charge on any atom is -0.369 e. The Balaban J connectivity index is 1.41. The van der Waals surface area contributed by atoms with Crippen molar-refractivity contribution >= 4 is 57.6 Å². The lowest BCUT2D eigenvalue weighted by molar-refractivity contribution is 0.313. The SMILES string of the molecule is C=Cn1ccc(-c2nn(-c3c(Cl)cccc3Cl)c(=O)c3cnc(Nc4ccc(N5CCN(C)CC5)cc4)nc23)n1. The molecule has 1 aliphatic heterocycles. The summed E-state index contributed by atoms with van der Waals surface area (Å²) >= 11 is 12.9. The minimum absolute atomic E-state index is 0.241. The van der Waals surface area contributed by atoms with Gasteiger partial charge in [-0.2, -0.15) is 14.9 Å². The van der Waals surface area contributed by atoms with Crippen LogP contribution in [-0.2, 0) is 0 Å². The summed E-state index contributed by atoms with van der Waals surface area (Å²) in [6.07, 6.45) is 4.76. The third-order valence-electron chi connectivity index (χ3n) is 6.82. The second-order valence-electron chi connectivity index (χ2n) is 9.42. The van der Waals surface area contributed by atoms with Crippen LogP contribution in [0.25, 0.3) is 34.2 Å². The van der Waals surface area contributed by atoms with Crippen molar-refractivity contribution in [2.75, 3.05) is 43.4 Å². The van der Waals surface area contributed by atoms with Crippen molar-refractivity contribution < 1.29 is 0 Å². The standard InChI is InChI=1S/C28H25Cl2N9O/c1-3-38-12-11-23(34-38)25-24-20(27(40)39(35-25)26-21(29)5-4-6-22(26)30)17-31-28(33-24)32-18-7-9-19(10-8-18)37-15-13-36(2)14-16-37/h3-12,17H,1,13-16H2,2H3,(H,31,32,33). The lowest BCUT2D eigenvalue weighted by atomic mass is 10.2.